The van der Waals surface area contributed by atoms with Crippen LogP contribution in [-0.2, 0) is 11.3 Å². The number of fused-ring (bicyclic) bond motifs is 1. The molecule has 1 aromatic heterocycles. The van der Waals surface area contributed by atoms with Crippen molar-refractivity contribution >= 4 is 22.5 Å². The van der Waals surface area contributed by atoms with Crippen LogP contribution >= 0.6 is 0 Å². The highest BCUT2D eigenvalue weighted by molar-refractivity contribution is 5.92. The number of benzene rings is 2. The summed E-state index contributed by atoms with van der Waals surface area (Å²) >= 11 is 0. The summed E-state index contributed by atoms with van der Waals surface area (Å²) in [7, 11) is 1.63. The number of methoxy groups -OCH3 is 1. The van der Waals surface area contributed by atoms with Gasteiger partial charge in [-0.05, 0) is 36.4 Å². The van der Waals surface area contributed by atoms with Gasteiger partial charge in [0, 0.05) is 28.9 Å². The van der Waals surface area contributed by atoms with Gasteiger partial charge in [0.15, 0.2) is 0 Å². The van der Waals surface area contributed by atoms with Crippen molar-refractivity contribution < 1.29 is 14.6 Å². The normalized spacial score (nSPS) is 10.6. The Bertz CT molecular complexity index is 824. The van der Waals surface area contributed by atoms with Gasteiger partial charge in [-0.25, -0.2) is 0 Å². The van der Waals surface area contributed by atoms with Crippen molar-refractivity contribution in [3.8, 4) is 11.5 Å². The van der Waals surface area contributed by atoms with Crippen LogP contribution in [0.2, 0.25) is 0 Å². The molecule has 0 fully saturated rings. The molecule has 0 unspecified atom stereocenters. The number of carbonyl (C=O) groups is 1. The molecule has 2 aromatic carbocycles. The zero-order valence-corrected chi connectivity index (χ0v) is 12.1. The fourth-order valence-corrected chi connectivity index (χ4v) is 2.38. The second-order valence-corrected chi connectivity index (χ2v) is 4.97. The molecule has 0 radical (unpaired) electrons. The van der Waals surface area contributed by atoms with E-state index in [1.807, 2.05) is 35.0 Å². The van der Waals surface area contributed by atoms with E-state index in [4.69, 9.17) is 4.74 Å². The van der Waals surface area contributed by atoms with E-state index >= 15 is 0 Å². The summed E-state index contributed by atoms with van der Waals surface area (Å²) in [4.78, 5) is 12.1. The number of ether oxygens (including phenoxy) is 1. The molecule has 0 atom stereocenters. The van der Waals surface area contributed by atoms with E-state index in [0.717, 1.165) is 16.7 Å². The van der Waals surface area contributed by atoms with Crippen molar-refractivity contribution in [2.24, 2.45) is 0 Å². The van der Waals surface area contributed by atoms with Crippen LogP contribution in [0.1, 0.15) is 0 Å². The lowest BCUT2D eigenvalue weighted by Gasteiger charge is -2.08. The minimum Gasteiger partial charge on any atom is -0.508 e. The van der Waals surface area contributed by atoms with Crippen molar-refractivity contribution in [3.63, 3.8) is 0 Å². The lowest BCUT2D eigenvalue weighted by molar-refractivity contribution is -0.116. The number of amides is 1. The van der Waals surface area contributed by atoms with Crippen LogP contribution in [0.5, 0.6) is 11.5 Å². The number of phenols is 1. The predicted octanol–water partition coefficient (Wildman–Crippen LogP) is 2.99. The van der Waals surface area contributed by atoms with Gasteiger partial charge < -0.3 is 19.7 Å². The topological polar surface area (TPSA) is 63.5 Å². The second kappa shape index (κ2) is 5.81. The molecule has 1 heterocycles. The summed E-state index contributed by atoms with van der Waals surface area (Å²) in [6.45, 7) is 0.200. The number of aromatic nitrogens is 1. The molecule has 0 aliphatic heterocycles. The first-order chi connectivity index (χ1) is 10.7. The maximum absolute atomic E-state index is 12.1. The van der Waals surface area contributed by atoms with Gasteiger partial charge in [-0.15, -0.1) is 0 Å². The van der Waals surface area contributed by atoms with E-state index < -0.39 is 0 Å². The number of aromatic hydroxyl groups is 1. The SMILES string of the molecule is COc1ccc2c(ccn2CC(=O)Nc2cccc(O)c2)c1. The molecule has 0 aliphatic rings. The highest BCUT2D eigenvalue weighted by Crippen LogP contribution is 2.22. The maximum Gasteiger partial charge on any atom is 0.244 e. The smallest absolute Gasteiger partial charge is 0.244 e. The highest BCUT2D eigenvalue weighted by atomic mass is 16.5. The van der Waals surface area contributed by atoms with Crippen LogP contribution < -0.4 is 10.1 Å². The standard InChI is InChI=1S/C17H16N2O3/c1-22-15-5-6-16-12(9-15)7-8-19(16)11-17(21)18-13-3-2-4-14(20)10-13/h2-10,20H,11H2,1H3,(H,18,21). The first-order valence-corrected chi connectivity index (χ1v) is 6.87. The van der Waals surface area contributed by atoms with Crippen molar-refractivity contribution in [2.45, 2.75) is 6.54 Å². The Hall–Kier alpha value is -2.95. The molecule has 0 saturated carbocycles. The average Bonchev–Trinajstić information content (AvgIpc) is 2.89. The largest absolute Gasteiger partial charge is 0.508 e. The van der Waals surface area contributed by atoms with Crippen molar-refractivity contribution in [2.75, 3.05) is 12.4 Å². The van der Waals surface area contributed by atoms with Crippen LogP contribution in [0.4, 0.5) is 5.69 Å². The molecular formula is C17H16N2O3. The number of rotatable bonds is 4. The van der Waals surface area contributed by atoms with E-state index in [1.165, 1.54) is 6.07 Å². The summed E-state index contributed by atoms with van der Waals surface area (Å²) in [5, 5.41) is 13.2. The van der Waals surface area contributed by atoms with E-state index in [9.17, 15) is 9.90 Å². The zero-order valence-electron chi connectivity index (χ0n) is 12.1. The molecule has 3 rings (SSSR count). The van der Waals surface area contributed by atoms with E-state index in [2.05, 4.69) is 5.32 Å². The minimum absolute atomic E-state index is 0.122. The highest BCUT2D eigenvalue weighted by Gasteiger charge is 2.08. The predicted molar refractivity (Wildman–Crippen MR) is 85.2 cm³/mol. The van der Waals surface area contributed by atoms with Gasteiger partial charge in [0.05, 0.1) is 7.11 Å². The Balaban J connectivity index is 1.76. The van der Waals surface area contributed by atoms with Crippen LogP contribution in [-0.4, -0.2) is 22.7 Å². The Morgan fingerprint density at radius 1 is 1.23 bits per heavy atom. The first kappa shape index (κ1) is 14.0. The molecule has 0 aliphatic carbocycles. The number of carbonyl (C=O) groups excluding carboxylic acids is 1. The quantitative estimate of drug-likeness (QED) is 0.778. The van der Waals surface area contributed by atoms with Gasteiger partial charge in [-0.1, -0.05) is 6.07 Å². The number of hydrogen-bond acceptors (Lipinski definition) is 3. The molecule has 2 N–H and O–H groups in total. The van der Waals surface area contributed by atoms with Crippen LogP contribution in [0.3, 0.4) is 0 Å². The average molecular weight is 296 g/mol. The monoisotopic (exact) mass is 296 g/mol. The molecule has 0 bridgehead atoms. The van der Waals surface area contributed by atoms with Crippen molar-refractivity contribution in [1.29, 1.82) is 0 Å². The minimum atomic E-state index is -0.154. The molecule has 0 saturated heterocycles. The van der Waals surface area contributed by atoms with Gasteiger partial charge in [0.1, 0.15) is 18.0 Å². The number of nitrogens with one attached hydrogen (secondary N) is 1. The number of hydrogen-bond donors (Lipinski definition) is 2. The second-order valence-electron chi connectivity index (χ2n) is 4.97. The third-order valence-electron chi connectivity index (χ3n) is 3.42. The van der Waals surface area contributed by atoms with Crippen LogP contribution in [0.15, 0.2) is 54.7 Å². The molecule has 1 amide bonds. The van der Waals surface area contributed by atoms with Gasteiger partial charge in [-0.3, -0.25) is 4.79 Å². The summed E-state index contributed by atoms with van der Waals surface area (Å²) in [5.41, 5.74) is 1.54. The first-order valence-electron chi connectivity index (χ1n) is 6.87. The molecule has 0 spiro atoms. The molecular weight excluding hydrogens is 280 g/mol. The zero-order chi connectivity index (χ0) is 15.5. The van der Waals surface area contributed by atoms with Crippen molar-refractivity contribution in [1.82, 2.24) is 4.57 Å². The lowest BCUT2D eigenvalue weighted by atomic mass is 10.2. The number of nitrogens with zero attached hydrogens (tertiary/aromatic N) is 1. The molecule has 22 heavy (non-hydrogen) atoms. The van der Waals surface area contributed by atoms with E-state index in [1.54, 1.807) is 25.3 Å². The third kappa shape index (κ3) is 2.88. The van der Waals surface area contributed by atoms with Gasteiger partial charge in [-0.2, -0.15) is 0 Å². The van der Waals surface area contributed by atoms with Gasteiger partial charge in [0.25, 0.3) is 0 Å². The maximum atomic E-state index is 12.1. The molecule has 5 heteroatoms. The Labute approximate surface area is 127 Å². The van der Waals surface area contributed by atoms with Gasteiger partial charge >= 0.3 is 0 Å². The summed E-state index contributed by atoms with van der Waals surface area (Å²) in [6.07, 6.45) is 1.87. The lowest BCUT2D eigenvalue weighted by Crippen LogP contribution is -2.18. The van der Waals surface area contributed by atoms with Gasteiger partial charge in [0.2, 0.25) is 5.91 Å². The van der Waals surface area contributed by atoms with Crippen LogP contribution in [0.25, 0.3) is 10.9 Å². The van der Waals surface area contributed by atoms with Crippen LogP contribution in [0, 0.1) is 0 Å². The number of phenolic OH excluding ortho intramolecular Hbond substituents is 1. The van der Waals surface area contributed by atoms with E-state index in [0.29, 0.717) is 5.69 Å². The molecule has 3 aromatic rings. The number of anilines is 1. The Kier molecular flexibility index (Phi) is 3.70. The summed E-state index contributed by atoms with van der Waals surface area (Å²) in [5.74, 6) is 0.754. The Morgan fingerprint density at radius 3 is 2.86 bits per heavy atom. The fourth-order valence-electron chi connectivity index (χ4n) is 2.38. The molecule has 5 nitrogen and oxygen atoms in total. The third-order valence-corrected chi connectivity index (χ3v) is 3.42. The Morgan fingerprint density at radius 2 is 2.09 bits per heavy atom. The fraction of sp³-hybridized carbons (Fsp3) is 0.118. The van der Waals surface area contributed by atoms with E-state index in [-0.39, 0.29) is 18.2 Å². The molecule has 112 valence electrons. The van der Waals surface area contributed by atoms with Crippen molar-refractivity contribution in [3.05, 3.63) is 54.7 Å². The summed E-state index contributed by atoms with van der Waals surface area (Å²) < 4.78 is 7.06. The summed E-state index contributed by atoms with van der Waals surface area (Å²) in [6, 6.07) is 14.2.